The monoisotopic (exact) mass is 324 g/mol. The average molecular weight is 324 g/mol. The van der Waals surface area contributed by atoms with Crippen molar-refractivity contribution in [2.24, 2.45) is 0 Å². The molecule has 0 N–H and O–H groups in total. The fourth-order valence-electron chi connectivity index (χ4n) is 3.07. The van der Waals surface area contributed by atoms with Crippen molar-refractivity contribution in [1.29, 1.82) is 0 Å². The molecular formula is C23H16O2. The third-order valence-corrected chi connectivity index (χ3v) is 4.22. The molecule has 0 unspecified atom stereocenters. The van der Waals surface area contributed by atoms with Crippen LogP contribution in [0.25, 0.3) is 33.4 Å². The molecule has 2 heteroatoms. The molecule has 0 fully saturated rings. The van der Waals surface area contributed by atoms with E-state index >= 15 is 0 Å². The van der Waals surface area contributed by atoms with Crippen molar-refractivity contribution in [2.75, 3.05) is 0 Å². The van der Waals surface area contributed by atoms with E-state index in [1.165, 1.54) is 0 Å². The Morgan fingerprint density at radius 2 is 0.960 bits per heavy atom. The van der Waals surface area contributed by atoms with E-state index in [2.05, 4.69) is 0 Å². The van der Waals surface area contributed by atoms with E-state index in [0.29, 0.717) is 5.56 Å². The molecule has 1 aromatic heterocycles. The third-order valence-electron chi connectivity index (χ3n) is 4.22. The van der Waals surface area contributed by atoms with Crippen molar-refractivity contribution in [1.82, 2.24) is 0 Å². The van der Waals surface area contributed by atoms with Crippen LogP contribution in [0.4, 0.5) is 0 Å². The van der Waals surface area contributed by atoms with E-state index < -0.39 is 0 Å². The number of benzene rings is 3. The van der Waals surface area contributed by atoms with Gasteiger partial charge in [0.25, 0.3) is 0 Å². The highest BCUT2D eigenvalue weighted by molar-refractivity contribution is 5.93. The van der Waals surface area contributed by atoms with Crippen molar-refractivity contribution >= 4 is 0 Å². The molecule has 0 bridgehead atoms. The van der Waals surface area contributed by atoms with E-state index in [9.17, 15) is 4.79 Å². The maximum atomic E-state index is 12.6. The standard InChI is InChI=1S/C23H16O2/c24-23-22(19-14-8-3-9-15-19)21(18-12-6-2-7-13-18)20(16-25-23)17-10-4-1-5-11-17/h1-16H. The maximum Gasteiger partial charge on any atom is 0.344 e. The van der Waals surface area contributed by atoms with Crippen LogP contribution in [0.1, 0.15) is 0 Å². The molecule has 3 aromatic carbocycles. The van der Waals surface area contributed by atoms with E-state index in [-0.39, 0.29) is 5.63 Å². The van der Waals surface area contributed by atoms with Crippen LogP contribution in [0, 0.1) is 0 Å². The summed E-state index contributed by atoms with van der Waals surface area (Å²) in [5, 5.41) is 0. The first-order valence-electron chi connectivity index (χ1n) is 8.16. The Morgan fingerprint density at radius 1 is 0.520 bits per heavy atom. The lowest BCUT2D eigenvalue weighted by molar-refractivity contribution is 0.515. The number of hydrogen-bond donors (Lipinski definition) is 0. The van der Waals surface area contributed by atoms with Gasteiger partial charge in [0, 0.05) is 11.1 Å². The molecule has 0 aliphatic rings. The quantitative estimate of drug-likeness (QED) is 0.488. The van der Waals surface area contributed by atoms with E-state index in [1.54, 1.807) is 6.26 Å². The van der Waals surface area contributed by atoms with Crippen LogP contribution in [0.3, 0.4) is 0 Å². The van der Waals surface area contributed by atoms with Crippen LogP contribution < -0.4 is 5.63 Å². The Bertz CT molecular complexity index is 1030. The zero-order valence-electron chi connectivity index (χ0n) is 13.6. The van der Waals surface area contributed by atoms with Crippen LogP contribution >= 0.6 is 0 Å². The molecule has 4 aromatic rings. The Labute approximate surface area is 146 Å². The predicted molar refractivity (Wildman–Crippen MR) is 101 cm³/mol. The number of hydrogen-bond acceptors (Lipinski definition) is 2. The van der Waals surface area contributed by atoms with Crippen molar-refractivity contribution < 1.29 is 4.42 Å². The lowest BCUT2D eigenvalue weighted by atomic mass is 9.90. The van der Waals surface area contributed by atoms with Gasteiger partial charge in [-0.3, -0.25) is 0 Å². The molecule has 0 aliphatic heterocycles. The largest absolute Gasteiger partial charge is 0.430 e. The van der Waals surface area contributed by atoms with E-state index in [4.69, 9.17) is 4.42 Å². The Kier molecular flexibility index (Phi) is 4.01. The summed E-state index contributed by atoms with van der Waals surface area (Å²) >= 11 is 0. The first-order valence-corrected chi connectivity index (χ1v) is 8.16. The van der Waals surface area contributed by atoms with Crippen molar-refractivity contribution in [3.63, 3.8) is 0 Å². The van der Waals surface area contributed by atoms with Gasteiger partial charge in [-0.2, -0.15) is 0 Å². The van der Waals surface area contributed by atoms with Crippen LogP contribution in [-0.2, 0) is 0 Å². The minimum absolute atomic E-state index is 0.329. The molecular weight excluding hydrogens is 308 g/mol. The van der Waals surface area contributed by atoms with Gasteiger partial charge in [0.05, 0.1) is 5.56 Å². The zero-order chi connectivity index (χ0) is 17.1. The summed E-state index contributed by atoms with van der Waals surface area (Å²) in [6.07, 6.45) is 1.56. The summed E-state index contributed by atoms with van der Waals surface area (Å²) in [5.74, 6) is 0. The molecule has 0 radical (unpaired) electrons. The van der Waals surface area contributed by atoms with Crippen LogP contribution in [0.15, 0.2) is 106 Å². The van der Waals surface area contributed by atoms with Gasteiger partial charge in [0.2, 0.25) is 0 Å². The molecule has 120 valence electrons. The summed E-state index contributed by atoms with van der Waals surface area (Å²) in [6.45, 7) is 0. The van der Waals surface area contributed by atoms with E-state index in [1.807, 2.05) is 91.0 Å². The Morgan fingerprint density at radius 3 is 1.48 bits per heavy atom. The van der Waals surface area contributed by atoms with Gasteiger partial charge in [0.15, 0.2) is 0 Å². The minimum atomic E-state index is -0.329. The van der Waals surface area contributed by atoms with Gasteiger partial charge in [0.1, 0.15) is 6.26 Å². The molecule has 0 aliphatic carbocycles. The SMILES string of the molecule is O=c1occ(-c2ccccc2)c(-c2ccccc2)c1-c1ccccc1. The predicted octanol–water partition coefficient (Wildman–Crippen LogP) is 5.64. The summed E-state index contributed by atoms with van der Waals surface area (Å²) in [7, 11) is 0. The molecule has 1 heterocycles. The van der Waals surface area contributed by atoms with Gasteiger partial charge < -0.3 is 4.42 Å². The lowest BCUT2D eigenvalue weighted by Gasteiger charge is -2.14. The van der Waals surface area contributed by atoms with E-state index in [0.717, 1.165) is 27.8 Å². The van der Waals surface area contributed by atoms with Crippen molar-refractivity contribution in [2.45, 2.75) is 0 Å². The smallest absolute Gasteiger partial charge is 0.344 e. The summed E-state index contributed by atoms with van der Waals surface area (Å²) in [5.41, 5.74) is 4.93. The molecule has 0 spiro atoms. The minimum Gasteiger partial charge on any atom is -0.430 e. The molecule has 0 atom stereocenters. The molecule has 25 heavy (non-hydrogen) atoms. The molecule has 4 rings (SSSR count). The normalized spacial score (nSPS) is 10.6. The highest BCUT2D eigenvalue weighted by Gasteiger charge is 2.18. The second kappa shape index (κ2) is 6.62. The highest BCUT2D eigenvalue weighted by Crippen LogP contribution is 2.37. The molecule has 2 nitrogen and oxygen atoms in total. The van der Waals surface area contributed by atoms with Crippen LogP contribution in [-0.4, -0.2) is 0 Å². The van der Waals surface area contributed by atoms with Crippen LogP contribution in [0.2, 0.25) is 0 Å². The topological polar surface area (TPSA) is 30.2 Å². The second-order valence-corrected chi connectivity index (χ2v) is 5.78. The van der Waals surface area contributed by atoms with Gasteiger partial charge >= 0.3 is 5.63 Å². The Hall–Kier alpha value is -3.39. The van der Waals surface area contributed by atoms with Gasteiger partial charge in [-0.05, 0) is 16.7 Å². The Balaban J connectivity index is 2.09. The molecule has 0 saturated heterocycles. The zero-order valence-corrected chi connectivity index (χ0v) is 13.6. The average Bonchev–Trinajstić information content (AvgIpc) is 2.70. The summed E-state index contributed by atoms with van der Waals surface area (Å²) in [4.78, 5) is 12.6. The maximum absolute atomic E-state index is 12.6. The fourth-order valence-corrected chi connectivity index (χ4v) is 3.07. The first kappa shape index (κ1) is 15.2. The molecule has 0 amide bonds. The third kappa shape index (κ3) is 2.90. The van der Waals surface area contributed by atoms with Crippen molar-refractivity contribution in [3.05, 3.63) is 108 Å². The highest BCUT2D eigenvalue weighted by atomic mass is 16.4. The van der Waals surface area contributed by atoms with Crippen LogP contribution in [0.5, 0.6) is 0 Å². The second-order valence-electron chi connectivity index (χ2n) is 5.78. The lowest BCUT2D eigenvalue weighted by Crippen LogP contribution is -2.06. The van der Waals surface area contributed by atoms with Gasteiger partial charge in [-0.15, -0.1) is 0 Å². The fraction of sp³-hybridized carbons (Fsp3) is 0. The van der Waals surface area contributed by atoms with Crippen molar-refractivity contribution in [3.8, 4) is 33.4 Å². The molecule has 0 saturated carbocycles. The summed E-state index contributed by atoms with van der Waals surface area (Å²) < 4.78 is 5.40. The summed E-state index contributed by atoms with van der Waals surface area (Å²) in [6, 6.07) is 29.6. The van der Waals surface area contributed by atoms with Gasteiger partial charge in [-0.25, -0.2) is 4.79 Å². The first-order chi connectivity index (χ1) is 12.3. The number of rotatable bonds is 3. The van der Waals surface area contributed by atoms with Gasteiger partial charge in [-0.1, -0.05) is 91.0 Å².